The molecule has 0 N–H and O–H groups in total. The van der Waals surface area contributed by atoms with E-state index in [1.165, 1.54) is 38.5 Å². The third kappa shape index (κ3) is 2.95. The fourth-order valence-corrected chi connectivity index (χ4v) is 5.01. The van der Waals surface area contributed by atoms with Crippen molar-refractivity contribution < 1.29 is 9.47 Å². The van der Waals surface area contributed by atoms with E-state index >= 15 is 0 Å². The topological polar surface area (TPSA) is 65.3 Å². The average molecular weight is 347 g/mol. The van der Waals surface area contributed by atoms with Gasteiger partial charge in [0.2, 0.25) is 5.95 Å². The predicted octanol–water partition coefficient (Wildman–Crippen LogP) is 1.89. The molecule has 2 aliphatic heterocycles. The molecule has 1 unspecified atom stereocenters. The maximum atomic E-state index is 6.06. The van der Waals surface area contributed by atoms with Crippen molar-refractivity contribution in [2.45, 2.75) is 57.1 Å². The maximum Gasteiger partial charge on any atom is 0.245 e. The quantitative estimate of drug-likeness (QED) is 0.810. The van der Waals surface area contributed by atoms with Crippen LogP contribution in [0.4, 0.5) is 5.95 Å². The molecule has 1 aromatic rings. The van der Waals surface area contributed by atoms with E-state index in [1.807, 2.05) is 0 Å². The summed E-state index contributed by atoms with van der Waals surface area (Å²) in [4.78, 5) is 2.32. The molecule has 5 rings (SSSR count). The Labute approximate surface area is 149 Å². The van der Waals surface area contributed by atoms with Crippen molar-refractivity contribution in [3.63, 3.8) is 0 Å². The Bertz CT molecular complexity index is 578. The number of tetrazole rings is 1. The molecule has 0 amide bonds. The van der Waals surface area contributed by atoms with Crippen LogP contribution in [0.3, 0.4) is 0 Å². The Morgan fingerprint density at radius 2 is 1.92 bits per heavy atom. The second kappa shape index (κ2) is 6.50. The number of ether oxygens (including phenoxy) is 2. The first-order valence-electron chi connectivity index (χ1n) is 10.1. The van der Waals surface area contributed by atoms with Gasteiger partial charge >= 0.3 is 0 Å². The minimum absolute atomic E-state index is 0.156. The summed E-state index contributed by atoms with van der Waals surface area (Å²) in [6.07, 6.45) is 9.38. The van der Waals surface area contributed by atoms with Crippen LogP contribution >= 0.6 is 0 Å². The highest BCUT2D eigenvalue weighted by Gasteiger charge is 2.42. The van der Waals surface area contributed by atoms with Gasteiger partial charge in [0.05, 0.1) is 19.8 Å². The van der Waals surface area contributed by atoms with E-state index in [0.717, 1.165) is 63.0 Å². The Kier molecular flexibility index (Phi) is 4.16. The molecule has 0 aromatic carbocycles. The second-order valence-electron chi connectivity index (χ2n) is 8.46. The Hall–Kier alpha value is -1.21. The van der Waals surface area contributed by atoms with E-state index in [0.29, 0.717) is 6.61 Å². The van der Waals surface area contributed by atoms with Gasteiger partial charge in [0.25, 0.3) is 0 Å². The zero-order chi connectivity index (χ0) is 16.7. The molecule has 0 bridgehead atoms. The molecule has 25 heavy (non-hydrogen) atoms. The highest BCUT2D eigenvalue weighted by atomic mass is 16.6. The summed E-state index contributed by atoms with van der Waals surface area (Å²) < 4.78 is 13.7. The summed E-state index contributed by atoms with van der Waals surface area (Å²) in [6, 6.07) is 0. The highest BCUT2D eigenvalue weighted by molar-refractivity contribution is 5.30. The third-order valence-electron chi connectivity index (χ3n) is 7.01. The number of rotatable bonds is 5. The fraction of sp³-hybridized carbons (Fsp3) is 0.944. The summed E-state index contributed by atoms with van der Waals surface area (Å²) in [5.41, 5.74) is -0.156. The average Bonchev–Trinajstić information content (AvgIpc) is 3.14. The Balaban J connectivity index is 1.32. The molecule has 1 aromatic heterocycles. The second-order valence-corrected chi connectivity index (χ2v) is 8.46. The monoisotopic (exact) mass is 347 g/mol. The largest absolute Gasteiger partial charge is 0.378 e. The number of morpholine rings is 1. The molecule has 2 saturated heterocycles. The highest BCUT2D eigenvalue weighted by Crippen LogP contribution is 2.45. The first-order valence-corrected chi connectivity index (χ1v) is 10.1. The van der Waals surface area contributed by atoms with Crippen LogP contribution in [0.5, 0.6) is 0 Å². The summed E-state index contributed by atoms with van der Waals surface area (Å²) in [6.45, 7) is 4.90. The first kappa shape index (κ1) is 16.0. The molecule has 7 heteroatoms. The number of nitrogens with zero attached hydrogens (tertiary/aromatic N) is 5. The molecule has 3 heterocycles. The molecule has 2 saturated carbocycles. The minimum Gasteiger partial charge on any atom is -0.378 e. The molecule has 138 valence electrons. The van der Waals surface area contributed by atoms with Gasteiger partial charge in [0.15, 0.2) is 0 Å². The molecule has 7 nitrogen and oxygen atoms in total. The van der Waals surface area contributed by atoms with Crippen LogP contribution in [0.15, 0.2) is 0 Å². The van der Waals surface area contributed by atoms with E-state index in [9.17, 15) is 0 Å². The van der Waals surface area contributed by atoms with E-state index in [1.54, 1.807) is 0 Å². The van der Waals surface area contributed by atoms with Gasteiger partial charge in [-0.05, 0) is 28.2 Å². The Morgan fingerprint density at radius 3 is 2.56 bits per heavy atom. The minimum atomic E-state index is -0.156. The number of aromatic nitrogens is 4. The van der Waals surface area contributed by atoms with Crippen LogP contribution in [0.2, 0.25) is 0 Å². The van der Waals surface area contributed by atoms with Gasteiger partial charge in [0, 0.05) is 26.1 Å². The first-order chi connectivity index (χ1) is 12.3. The van der Waals surface area contributed by atoms with E-state index in [4.69, 9.17) is 9.47 Å². The molecule has 2 aliphatic carbocycles. The van der Waals surface area contributed by atoms with Crippen molar-refractivity contribution >= 4 is 5.95 Å². The zero-order valence-corrected chi connectivity index (χ0v) is 15.0. The Morgan fingerprint density at radius 1 is 1.12 bits per heavy atom. The van der Waals surface area contributed by atoms with Crippen molar-refractivity contribution in [1.29, 1.82) is 0 Å². The van der Waals surface area contributed by atoms with Crippen molar-refractivity contribution in [2.75, 3.05) is 37.8 Å². The summed E-state index contributed by atoms with van der Waals surface area (Å²) in [5.74, 6) is 3.47. The molecular weight excluding hydrogens is 318 g/mol. The van der Waals surface area contributed by atoms with Gasteiger partial charge in [-0.2, -0.15) is 0 Å². The van der Waals surface area contributed by atoms with Crippen LogP contribution in [0.1, 0.15) is 44.9 Å². The van der Waals surface area contributed by atoms with Crippen molar-refractivity contribution in [2.24, 2.45) is 17.8 Å². The summed E-state index contributed by atoms with van der Waals surface area (Å²) >= 11 is 0. The van der Waals surface area contributed by atoms with Crippen LogP contribution in [-0.4, -0.2) is 58.7 Å². The molecule has 4 aliphatic rings. The van der Waals surface area contributed by atoms with Crippen molar-refractivity contribution in [3.05, 3.63) is 0 Å². The van der Waals surface area contributed by atoms with Gasteiger partial charge in [0.1, 0.15) is 5.60 Å². The van der Waals surface area contributed by atoms with Crippen molar-refractivity contribution in [3.8, 4) is 0 Å². The van der Waals surface area contributed by atoms with Gasteiger partial charge < -0.3 is 14.4 Å². The normalized spacial score (nSPS) is 30.8. The van der Waals surface area contributed by atoms with Crippen molar-refractivity contribution in [1.82, 2.24) is 20.2 Å². The fourth-order valence-electron chi connectivity index (χ4n) is 5.01. The van der Waals surface area contributed by atoms with Gasteiger partial charge in [-0.3, -0.25) is 0 Å². The molecule has 4 fully saturated rings. The zero-order valence-electron chi connectivity index (χ0n) is 15.0. The smallest absolute Gasteiger partial charge is 0.245 e. The van der Waals surface area contributed by atoms with Gasteiger partial charge in [-0.1, -0.05) is 43.6 Å². The lowest BCUT2D eigenvalue weighted by Gasteiger charge is -2.43. The molecular formula is C18H29N5O2. The number of hydrogen-bond donors (Lipinski definition) is 0. The lowest BCUT2D eigenvalue weighted by atomic mass is 9.64. The standard InChI is InChI=1S/C18H29N5O2/c1-3-14(4-1)16(15-5-2-6-15)11-23-17(19-20-21-23)22-8-10-25-18(12-22)7-9-24-13-18/h14-16H,1-13H2. The predicted molar refractivity (Wildman–Crippen MR) is 92.3 cm³/mol. The van der Waals surface area contributed by atoms with Crippen LogP contribution in [-0.2, 0) is 16.0 Å². The van der Waals surface area contributed by atoms with Gasteiger partial charge in [-0.15, -0.1) is 0 Å². The molecule has 1 atom stereocenters. The van der Waals surface area contributed by atoms with Gasteiger partial charge in [-0.25, -0.2) is 4.68 Å². The lowest BCUT2D eigenvalue weighted by molar-refractivity contribution is -0.0585. The van der Waals surface area contributed by atoms with Crippen LogP contribution in [0.25, 0.3) is 0 Å². The van der Waals surface area contributed by atoms with E-state index in [-0.39, 0.29) is 5.60 Å². The third-order valence-corrected chi connectivity index (χ3v) is 7.01. The maximum absolute atomic E-state index is 6.06. The van der Waals surface area contributed by atoms with E-state index < -0.39 is 0 Å². The SMILES string of the molecule is C1CC(C(Cn2nnnc2N2CCOC3(CCOC3)C2)C2CCC2)C1. The summed E-state index contributed by atoms with van der Waals surface area (Å²) in [7, 11) is 0. The number of anilines is 1. The number of hydrogen-bond acceptors (Lipinski definition) is 6. The lowest BCUT2D eigenvalue weighted by Crippen LogP contribution is -2.53. The van der Waals surface area contributed by atoms with Crippen LogP contribution < -0.4 is 4.90 Å². The molecule has 0 radical (unpaired) electrons. The van der Waals surface area contributed by atoms with Crippen LogP contribution in [0, 0.1) is 17.8 Å². The van der Waals surface area contributed by atoms with E-state index in [2.05, 4.69) is 25.1 Å². The summed E-state index contributed by atoms with van der Waals surface area (Å²) in [5, 5.41) is 12.8. The molecule has 1 spiro atoms.